The van der Waals surface area contributed by atoms with E-state index >= 15 is 0 Å². The minimum absolute atomic E-state index is 0.138. The zero-order chi connectivity index (χ0) is 22.8. The Morgan fingerprint density at radius 3 is 2.38 bits per heavy atom. The quantitative estimate of drug-likeness (QED) is 0.471. The molecule has 3 aromatic carbocycles. The van der Waals surface area contributed by atoms with Gasteiger partial charge in [0.1, 0.15) is 11.5 Å². The van der Waals surface area contributed by atoms with Crippen LogP contribution in [0.2, 0.25) is 5.02 Å². The van der Waals surface area contributed by atoms with Crippen molar-refractivity contribution in [1.82, 2.24) is 9.88 Å². The molecule has 1 heterocycles. The van der Waals surface area contributed by atoms with Gasteiger partial charge in [0.2, 0.25) is 0 Å². The first kappa shape index (κ1) is 21.3. The number of carbonyl (C=O) groups excluding carboxylic acids is 1. The van der Waals surface area contributed by atoms with Gasteiger partial charge in [-0.3, -0.25) is 9.59 Å². The normalized spacial score (nSPS) is 10.8. The number of nitrogens with one attached hydrogen (secondary N) is 1. The number of amides is 1. The van der Waals surface area contributed by atoms with Crippen LogP contribution >= 0.6 is 11.6 Å². The molecule has 1 aromatic heterocycles. The Morgan fingerprint density at radius 1 is 1.00 bits per heavy atom. The highest BCUT2D eigenvalue weighted by Gasteiger charge is 2.24. The van der Waals surface area contributed by atoms with Gasteiger partial charge >= 0.3 is 5.97 Å². The molecule has 160 valence electrons. The first-order chi connectivity index (χ1) is 15.4. The maximum Gasteiger partial charge on any atom is 0.353 e. The number of pyridine rings is 1. The lowest BCUT2D eigenvalue weighted by Gasteiger charge is -2.19. The van der Waals surface area contributed by atoms with Gasteiger partial charge in [-0.1, -0.05) is 41.9 Å². The van der Waals surface area contributed by atoms with Gasteiger partial charge in [-0.05, 0) is 42.5 Å². The molecule has 0 fully saturated rings. The summed E-state index contributed by atoms with van der Waals surface area (Å²) in [4.78, 5) is 38.0. The average molecular weight is 451 g/mol. The SMILES string of the molecule is O=C(NCc1c(C(=O)O)n(-c2ccccc2)c2cc(Cl)ccc2c1=O)c1ccccc1F. The molecular formula is C24H16ClFN2O4. The molecule has 6 nitrogen and oxygen atoms in total. The fraction of sp³-hybridized carbons (Fsp3) is 0.0417. The Morgan fingerprint density at radius 2 is 1.69 bits per heavy atom. The Bertz CT molecular complexity index is 1420. The summed E-state index contributed by atoms with van der Waals surface area (Å²) in [5.41, 5.74) is -0.407. The molecule has 0 bridgehead atoms. The number of hydrogen-bond donors (Lipinski definition) is 2. The van der Waals surface area contributed by atoms with Crippen LogP contribution < -0.4 is 10.7 Å². The van der Waals surface area contributed by atoms with Crippen LogP contribution in [0.3, 0.4) is 0 Å². The van der Waals surface area contributed by atoms with E-state index in [1.807, 2.05) is 0 Å². The number of aromatic carboxylic acids is 1. The molecule has 0 unspecified atom stereocenters. The summed E-state index contributed by atoms with van der Waals surface area (Å²) in [6.07, 6.45) is 0. The van der Waals surface area contributed by atoms with Crippen molar-refractivity contribution < 1.29 is 19.1 Å². The van der Waals surface area contributed by atoms with E-state index in [1.165, 1.54) is 41.0 Å². The van der Waals surface area contributed by atoms with Crippen molar-refractivity contribution in [3.05, 3.63) is 111 Å². The summed E-state index contributed by atoms with van der Waals surface area (Å²) in [6, 6.07) is 18.6. The summed E-state index contributed by atoms with van der Waals surface area (Å²) in [5, 5.41) is 13.1. The van der Waals surface area contributed by atoms with Crippen LogP contribution in [0.25, 0.3) is 16.6 Å². The van der Waals surface area contributed by atoms with E-state index in [-0.39, 0.29) is 22.2 Å². The number of carbonyl (C=O) groups is 2. The maximum absolute atomic E-state index is 14.0. The van der Waals surface area contributed by atoms with Crippen LogP contribution in [-0.2, 0) is 6.54 Å². The summed E-state index contributed by atoms with van der Waals surface area (Å²) in [6.45, 7) is -0.404. The van der Waals surface area contributed by atoms with Crippen LogP contribution in [0.15, 0.2) is 77.6 Å². The van der Waals surface area contributed by atoms with Crippen molar-refractivity contribution in [1.29, 1.82) is 0 Å². The topological polar surface area (TPSA) is 88.4 Å². The van der Waals surface area contributed by atoms with E-state index < -0.39 is 29.7 Å². The third-order valence-electron chi connectivity index (χ3n) is 4.99. The minimum Gasteiger partial charge on any atom is -0.477 e. The Hall–Kier alpha value is -3.97. The number of benzene rings is 3. The molecule has 0 aliphatic heterocycles. The predicted octanol–water partition coefficient (Wildman–Crippen LogP) is 4.41. The number of hydrogen-bond acceptors (Lipinski definition) is 3. The molecule has 2 N–H and O–H groups in total. The molecule has 0 radical (unpaired) electrons. The molecule has 0 aliphatic rings. The summed E-state index contributed by atoms with van der Waals surface area (Å²) in [5.74, 6) is -2.84. The maximum atomic E-state index is 14.0. The van der Waals surface area contributed by atoms with Crippen molar-refractivity contribution in [2.24, 2.45) is 0 Å². The first-order valence-corrected chi connectivity index (χ1v) is 9.95. The van der Waals surface area contributed by atoms with Crippen LogP contribution in [-0.4, -0.2) is 21.6 Å². The highest BCUT2D eigenvalue weighted by atomic mass is 35.5. The van der Waals surface area contributed by atoms with Gasteiger partial charge in [0.05, 0.1) is 16.6 Å². The molecule has 4 rings (SSSR count). The van der Waals surface area contributed by atoms with Crippen LogP contribution in [0.5, 0.6) is 0 Å². The molecule has 0 saturated carbocycles. The van der Waals surface area contributed by atoms with E-state index in [2.05, 4.69) is 5.32 Å². The fourth-order valence-corrected chi connectivity index (χ4v) is 3.72. The molecule has 1 amide bonds. The zero-order valence-corrected chi connectivity index (χ0v) is 17.3. The molecule has 8 heteroatoms. The second kappa shape index (κ2) is 8.64. The minimum atomic E-state index is -1.36. The van der Waals surface area contributed by atoms with Gasteiger partial charge in [0, 0.05) is 22.6 Å². The highest BCUT2D eigenvalue weighted by Crippen LogP contribution is 2.25. The van der Waals surface area contributed by atoms with Crippen molar-refractivity contribution in [2.75, 3.05) is 0 Å². The number of nitrogens with zero attached hydrogens (tertiary/aromatic N) is 1. The number of para-hydroxylation sites is 1. The second-order valence-electron chi connectivity index (χ2n) is 6.96. The van der Waals surface area contributed by atoms with Crippen molar-refractivity contribution >= 4 is 34.4 Å². The fourth-order valence-electron chi connectivity index (χ4n) is 3.55. The third-order valence-corrected chi connectivity index (χ3v) is 5.23. The van der Waals surface area contributed by atoms with Gasteiger partial charge < -0.3 is 15.0 Å². The molecular weight excluding hydrogens is 435 g/mol. The number of carboxylic acid groups (broad SMARTS) is 1. The number of aromatic nitrogens is 1. The van der Waals surface area contributed by atoms with E-state index in [9.17, 15) is 23.9 Å². The van der Waals surface area contributed by atoms with Gasteiger partial charge in [-0.25, -0.2) is 9.18 Å². The Kier molecular flexibility index (Phi) is 5.75. The summed E-state index contributed by atoms with van der Waals surface area (Å²) < 4.78 is 15.4. The van der Waals surface area contributed by atoms with Gasteiger partial charge in [-0.2, -0.15) is 0 Å². The van der Waals surface area contributed by atoms with Crippen LogP contribution in [0, 0.1) is 5.82 Å². The predicted molar refractivity (Wildman–Crippen MR) is 119 cm³/mol. The molecule has 0 spiro atoms. The largest absolute Gasteiger partial charge is 0.477 e. The average Bonchev–Trinajstić information content (AvgIpc) is 2.78. The Labute approximate surface area is 186 Å². The summed E-state index contributed by atoms with van der Waals surface area (Å²) in [7, 11) is 0. The van der Waals surface area contributed by atoms with Crippen molar-refractivity contribution in [3.63, 3.8) is 0 Å². The zero-order valence-electron chi connectivity index (χ0n) is 16.5. The molecule has 0 atom stereocenters. The van der Waals surface area contributed by atoms with Gasteiger partial charge in [0.25, 0.3) is 5.91 Å². The van der Waals surface area contributed by atoms with Crippen molar-refractivity contribution in [2.45, 2.75) is 6.54 Å². The number of fused-ring (bicyclic) bond motifs is 1. The van der Waals surface area contributed by atoms with Gasteiger partial charge in [-0.15, -0.1) is 0 Å². The molecule has 4 aromatic rings. The van der Waals surface area contributed by atoms with E-state index in [4.69, 9.17) is 11.6 Å². The monoisotopic (exact) mass is 450 g/mol. The van der Waals surface area contributed by atoms with E-state index in [0.717, 1.165) is 6.07 Å². The first-order valence-electron chi connectivity index (χ1n) is 9.57. The summed E-state index contributed by atoms with van der Waals surface area (Å²) >= 11 is 6.13. The lowest BCUT2D eigenvalue weighted by atomic mass is 10.1. The third kappa shape index (κ3) is 3.86. The lowest BCUT2D eigenvalue weighted by Crippen LogP contribution is -2.31. The molecule has 0 aliphatic carbocycles. The van der Waals surface area contributed by atoms with Crippen LogP contribution in [0.1, 0.15) is 26.4 Å². The lowest BCUT2D eigenvalue weighted by molar-refractivity contribution is 0.0685. The number of rotatable bonds is 5. The van der Waals surface area contributed by atoms with Crippen molar-refractivity contribution in [3.8, 4) is 5.69 Å². The number of halogens is 2. The van der Waals surface area contributed by atoms with Gasteiger partial charge in [0.15, 0.2) is 5.43 Å². The van der Waals surface area contributed by atoms with E-state index in [1.54, 1.807) is 30.3 Å². The molecule has 32 heavy (non-hydrogen) atoms. The smallest absolute Gasteiger partial charge is 0.353 e. The highest BCUT2D eigenvalue weighted by molar-refractivity contribution is 6.31. The Balaban J connectivity index is 1.92. The number of carboxylic acids is 1. The second-order valence-corrected chi connectivity index (χ2v) is 7.39. The van der Waals surface area contributed by atoms with Crippen LogP contribution in [0.4, 0.5) is 4.39 Å². The van der Waals surface area contributed by atoms with E-state index in [0.29, 0.717) is 16.2 Å². The standard InChI is InChI=1S/C24H16ClFN2O4/c25-14-10-11-17-20(12-14)28(15-6-2-1-3-7-15)21(24(31)32)18(22(17)29)13-27-23(30)16-8-4-5-9-19(16)26/h1-12H,13H2,(H,27,30)(H,31,32). The molecule has 0 saturated heterocycles.